The number of carbonyl (C=O) groups excluding carboxylic acids is 2. The molecule has 0 spiro atoms. The minimum Gasteiger partial charge on any atom is -0.493 e. The molecule has 4 atom stereocenters. The Morgan fingerprint density at radius 1 is 1.05 bits per heavy atom. The van der Waals surface area contributed by atoms with E-state index in [1.165, 1.54) is 0 Å². The van der Waals surface area contributed by atoms with Crippen LogP contribution in [0.4, 0.5) is 11.8 Å². The first-order valence-electron chi connectivity index (χ1n) is 20.7. The van der Waals surface area contributed by atoms with E-state index < -0.39 is 0 Å². The Kier molecular flexibility index (Phi) is 13.9. The number of thioether (sulfide) groups is 1. The Balaban J connectivity index is 0.778. The molecule has 57 heavy (non-hydrogen) atoms. The van der Waals surface area contributed by atoms with Crippen LogP contribution in [0, 0.1) is 5.41 Å². The van der Waals surface area contributed by atoms with E-state index in [1.54, 1.807) is 11.8 Å². The molecule has 0 radical (unpaired) electrons. The highest BCUT2D eigenvalue weighted by molar-refractivity contribution is 8.00. The summed E-state index contributed by atoms with van der Waals surface area (Å²) in [5.74, 6) is 3.92. The average Bonchev–Trinajstić information content (AvgIpc) is 3.99. The summed E-state index contributed by atoms with van der Waals surface area (Å²) < 4.78 is 25.1. The zero-order chi connectivity index (χ0) is 39.7. The lowest BCUT2D eigenvalue weighted by atomic mass is 9.70. The third-order valence-corrected chi connectivity index (χ3v) is 13.9. The molecule has 2 amide bonds. The Labute approximate surface area is 339 Å². The SMILES string of the molecule is COc1cc2c(N[C@@H]3CCCNC3)nc(N3CCCC3)nc2cc1OCc1cn(CCOCCOCCNC(=O)CCCC[C@@H]2SC[C@]3(C)NC(=O)C[C@]23C)nn1. The summed E-state index contributed by atoms with van der Waals surface area (Å²) in [4.78, 5) is 36.6. The molecule has 17 heteroatoms. The number of carbonyl (C=O) groups is 2. The van der Waals surface area contributed by atoms with Crippen LogP contribution in [0.25, 0.3) is 10.9 Å². The molecular formula is C40H60N10O6S. The van der Waals surface area contributed by atoms with Crippen LogP contribution in [-0.2, 0) is 32.2 Å². The van der Waals surface area contributed by atoms with E-state index in [9.17, 15) is 9.59 Å². The number of anilines is 2. The van der Waals surface area contributed by atoms with Crippen LogP contribution in [0.3, 0.4) is 0 Å². The van der Waals surface area contributed by atoms with Crippen molar-refractivity contribution in [1.82, 2.24) is 40.9 Å². The maximum absolute atomic E-state index is 12.3. The van der Waals surface area contributed by atoms with Crippen molar-refractivity contribution in [2.45, 2.75) is 102 Å². The molecule has 3 aromatic rings. The van der Waals surface area contributed by atoms with Gasteiger partial charge >= 0.3 is 0 Å². The number of hydrogen-bond donors (Lipinski definition) is 4. The van der Waals surface area contributed by atoms with Gasteiger partial charge in [-0.2, -0.15) is 16.7 Å². The molecular weight excluding hydrogens is 749 g/mol. The Hall–Kier alpha value is -3.93. The predicted molar refractivity (Wildman–Crippen MR) is 220 cm³/mol. The van der Waals surface area contributed by atoms with Crippen molar-refractivity contribution in [3.63, 3.8) is 0 Å². The quantitative estimate of drug-likeness (QED) is 0.115. The summed E-state index contributed by atoms with van der Waals surface area (Å²) in [6.07, 6.45) is 10.3. The van der Waals surface area contributed by atoms with Crippen molar-refractivity contribution in [3.05, 3.63) is 24.0 Å². The first-order valence-corrected chi connectivity index (χ1v) is 21.8. The minimum atomic E-state index is -0.111. The first-order chi connectivity index (χ1) is 27.7. The number of aromatic nitrogens is 5. The lowest BCUT2D eigenvalue weighted by molar-refractivity contribution is -0.121. The van der Waals surface area contributed by atoms with Crippen molar-refractivity contribution in [1.29, 1.82) is 0 Å². The van der Waals surface area contributed by atoms with Gasteiger partial charge in [-0.3, -0.25) is 9.59 Å². The van der Waals surface area contributed by atoms with Gasteiger partial charge in [0.25, 0.3) is 0 Å². The third-order valence-electron chi connectivity index (χ3n) is 12.0. The number of benzene rings is 1. The Bertz CT molecular complexity index is 1820. The van der Waals surface area contributed by atoms with Crippen molar-refractivity contribution in [3.8, 4) is 11.5 Å². The largest absolute Gasteiger partial charge is 0.493 e. The van der Waals surface area contributed by atoms with Crippen molar-refractivity contribution >= 4 is 46.2 Å². The van der Waals surface area contributed by atoms with Crippen LogP contribution < -0.4 is 35.6 Å². The summed E-state index contributed by atoms with van der Waals surface area (Å²) >= 11 is 1.96. The van der Waals surface area contributed by atoms with Crippen molar-refractivity contribution in [2.24, 2.45) is 5.41 Å². The van der Waals surface area contributed by atoms with Crippen LogP contribution in [0.15, 0.2) is 18.3 Å². The second-order valence-electron chi connectivity index (χ2n) is 16.1. The molecule has 4 saturated heterocycles. The highest BCUT2D eigenvalue weighted by atomic mass is 32.2. The fraction of sp³-hybridized carbons (Fsp3) is 0.700. The van der Waals surface area contributed by atoms with Gasteiger partial charge in [-0.15, -0.1) is 5.10 Å². The van der Waals surface area contributed by atoms with Gasteiger partial charge in [-0.05, 0) is 58.1 Å². The zero-order valence-corrected chi connectivity index (χ0v) is 34.6. The summed E-state index contributed by atoms with van der Waals surface area (Å²) in [5.41, 5.74) is 1.37. The number of nitrogens with zero attached hydrogens (tertiary/aromatic N) is 6. The molecule has 0 aliphatic carbocycles. The first kappa shape index (κ1) is 41.2. The molecule has 0 saturated carbocycles. The lowest BCUT2D eigenvalue weighted by Gasteiger charge is -2.36. The number of amides is 2. The third kappa shape index (κ3) is 10.2. The lowest BCUT2D eigenvalue weighted by Crippen LogP contribution is -2.49. The van der Waals surface area contributed by atoms with Gasteiger partial charge in [0.15, 0.2) is 11.5 Å². The molecule has 1 aromatic carbocycles. The number of methoxy groups -OCH3 is 1. The van der Waals surface area contributed by atoms with Crippen LogP contribution in [-0.4, -0.2) is 126 Å². The van der Waals surface area contributed by atoms with Gasteiger partial charge < -0.3 is 45.1 Å². The van der Waals surface area contributed by atoms with Gasteiger partial charge in [0, 0.05) is 72.9 Å². The van der Waals surface area contributed by atoms with E-state index in [0.29, 0.717) is 80.8 Å². The standard InChI is InChI=1S/C40H60N10O6S/c1-39-23-36(52)46-40(39,2)27-57-34(39)10-4-5-11-35(51)42-13-17-54-19-20-55-18-16-50-25-29(47-48-50)26-56-33-22-31-30(21-32(33)53-3)37(43-28-9-8-12-41-24-28)45-38(44-31)49-14-6-7-15-49/h21-22,25,28,34,41H,4-20,23-24,26-27H2,1-3H3,(H,42,51)(H,46,52)(H,43,44,45)/t28-,34+,39-,40+/m1/s1. The summed E-state index contributed by atoms with van der Waals surface area (Å²) in [6.45, 7) is 11.3. The zero-order valence-electron chi connectivity index (χ0n) is 33.8. The molecule has 0 unspecified atom stereocenters. The summed E-state index contributed by atoms with van der Waals surface area (Å²) in [7, 11) is 1.64. The Morgan fingerprint density at radius 2 is 1.89 bits per heavy atom. The molecule has 2 aromatic heterocycles. The number of ether oxygens (including phenoxy) is 4. The van der Waals surface area contributed by atoms with Gasteiger partial charge in [-0.25, -0.2) is 9.67 Å². The fourth-order valence-electron chi connectivity index (χ4n) is 8.39. The number of unbranched alkanes of at least 4 members (excludes halogenated alkanes) is 1. The molecule has 4 aliphatic heterocycles. The van der Waals surface area contributed by atoms with Crippen LogP contribution in [0.1, 0.15) is 77.3 Å². The van der Waals surface area contributed by atoms with Crippen LogP contribution in [0.2, 0.25) is 0 Å². The number of piperidine rings is 1. The predicted octanol–water partition coefficient (Wildman–Crippen LogP) is 3.68. The smallest absolute Gasteiger partial charge is 0.227 e. The van der Waals surface area contributed by atoms with E-state index in [-0.39, 0.29) is 29.4 Å². The van der Waals surface area contributed by atoms with Crippen LogP contribution >= 0.6 is 11.8 Å². The molecule has 7 rings (SSSR count). The molecule has 6 heterocycles. The van der Waals surface area contributed by atoms with E-state index in [4.69, 9.17) is 28.9 Å². The number of fused-ring (bicyclic) bond motifs is 2. The van der Waals surface area contributed by atoms with Crippen molar-refractivity contribution in [2.75, 3.05) is 82.2 Å². The van der Waals surface area contributed by atoms with E-state index in [1.807, 2.05) is 30.1 Å². The number of rotatable bonds is 21. The topological polar surface area (TPSA) is 179 Å². The number of hydrogen-bond acceptors (Lipinski definition) is 14. The highest BCUT2D eigenvalue weighted by Gasteiger charge is 2.60. The normalized spacial score (nSPS) is 24.5. The second kappa shape index (κ2) is 19.2. The maximum atomic E-state index is 12.3. The fourth-order valence-corrected chi connectivity index (χ4v) is 10.4. The molecule has 0 bridgehead atoms. The second-order valence-corrected chi connectivity index (χ2v) is 17.3. The van der Waals surface area contributed by atoms with E-state index in [0.717, 1.165) is 99.5 Å². The Morgan fingerprint density at radius 3 is 2.70 bits per heavy atom. The number of nitrogens with one attached hydrogen (secondary N) is 4. The highest BCUT2D eigenvalue weighted by Crippen LogP contribution is 2.56. The summed E-state index contributed by atoms with van der Waals surface area (Å²) in [6, 6.07) is 4.19. The minimum absolute atomic E-state index is 0.00645. The molecule has 4 N–H and O–H groups in total. The monoisotopic (exact) mass is 808 g/mol. The molecule has 16 nitrogen and oxygen atoms in total. The molecule has 312 valence electrons. The van der Waals surface area contributed by atoms with Gasteiger partial charge in [0.05, 0.1) is 57.3 Å². The molecule has 4 fully saturated rings. The van der Waals surface area contributed by atoms with Crippen LogP contribution in [0.5, 0.6) is 11.5 Å². The van der Waals surface area contributed by atoms with Gasteiger partial charge in [0.1, 0.15) is 18.1 Å². The van der Waals surface area contributed by atoms with E-state index >= 15 is 0 Å². The van der Waals surface area contributed by atoms with E-state index in [2.05, 4.69) is 50.3 Å². The van der Waals surface area contributed by atoms with Crippen molar-refractivity contribution < 1.29 is 28.5 Å². The van der Waals surface area contributed by atoms with Gasteiger partial charge in [0.2, 0.25) is 17.8 Å². The maximum Gasteiger partial charge on any atom is 0.227 e. The summed E-state index contributed by atoms with van der Waals surface area (Å²) in [5, 5.41) is 23.2. The average molecular weight is 809 g/mol. The van der Waals surface area contributed by atoms with Gasteiger partial charge in [-0.1, -0.05) is 18.6 Å². The molecule has 4 aliphatic rings.